The van der Waals surface area contributed by atoms with Gasteiger partial charge in [-0.05, 0) is 30.3 Å². The molecule has 1 unspecified atom stereocenters. The summed E-state index contributed by atoms with van der Waals surface area (Å²) in [7, 11) is 0. The van der Waals surface area contributed by atoms with Crippen molar-refractivity contribution in [1.29, 1.82) is 0 Å². The lowest BCUT2D eigenvalue weighted by Crippen LogP contribution is -2.27. The first-order chi connectivity index (χ1) is 9.25. The topological polar surface area (TPSA) is 33.2 Å². The van der Waals surface area contributed by atoms with Crippen LogP contribution in [-0.4, -0.2) is 16.6 Å². The Hall–Kier alpha value is -1.88. The van der Waals surface area contributed by atoms with Gasteiger partial charge in [0.1, 0.15) is 11.2 Å². The fourth-order valence-corrected chi connectivity index (χ4v) is 3.23. The Morgan fingerprint density at radius 3 is 2.74 bits per heavy atom. The first-order valence-corrected chi connectivity index (χ1v) is 6.90. The number of rotatable bonds is 2. The van der Waals surface area contributed by atoms with E-state index in [1.54, 1.807) is 41.2 Å². The average Bonchev–Trinajstić information content (AvgIpc) is 2.83. The van der Waals surface area contributed by atoms with Crippen LogP contribution in [0.3, 0.4) is 0 Å². The number of thioether (sulfide) groups is 1. The Balaban J connectivity index is 1.97. The van der Waals surface area contributed by atoms with Crippen LogP contribution in [0.15, 0.2) is 48.8 Å². The molecule has 1 saturated heterocycles. The van der Waals surface area contributed by atoms with Gasteiger partial charge in [-0.2, -0.15) is 0 Å². The molecule has 0 aliphatic carbocycles. The van der Waals surface area contributed by atoms with E-state index in [0.717, 1.165) is 5.56 Å². The molecular weight excluding hydrogens is 263 g/mol. The highest BCUT2D eigenvalue weighted by Crippen LogP contribution is 2.41. The Morgan fingerprint density at radius 1 is 1.26 bits per heavy atom. The van der Waals surface area contributed by atoms with Crippen LogP contribution in [0, 0.1) is 5.82 Å². The number of carbonyl (C=O) groups excluding carboxylic acids is 1. The zero-order valence-corrected chi connectivity index (χ0v) is 10.8. The fraction of sp³-hybridized carbons (Fsp3) is 0.143. The van der Waals surface area contributed by atoms with Gasteiger partial charge in [0, 0.05) is 23.6 Å². The molecule has 0 N–H and O–H groups in total. The highest BCUT2D eigenvalue weighted by molar-refractivity contribution is 8.00. The van der Waals surface area contributed by atoms with Crippen LogP contribution in [0.25, 0.3) is 0 Å². The van der Waals surface area contributed by atoms with Crippen LogP contribution >= 0.6 is 11.8 Å². The average molecular weight is 274 g/mol. The van der Waals surface area contributed by atoms with Gasteiger partial charge in [0.05, 0.1) is 5.75 Å². The molecule has 2 heterocycles. The van der Waals surface area contributed by atoms with Gasteiger partial charge >= 0.3 is 0 Å². The molecule has 0 spiro atoms. The molecule has 1 atom stereocenters. The SMILES string of the molecule is O=C1CSC(c2cccnc2)N1c1ccc(F)cc1. The molecule has 1 amide bonds. The summed E-state index contributed by atoms with van der Waals surface area (Å²) < 4.78 is 13.0. The van der Waals surface area contributed by atoms with E-state index in [2.05, 4.69) is 4.98 Å². The van der Waals surface area contributed by atoms with Gasteiger partial charge in [-0.1, -0.05) is 6.07 Å². The van der Waals surface area contributed by atoms with E-state index in [9.17, 15) is 9.18 Å². The summed E-state index contributed by atoms with van der Waals surface area (Å²) >= 11 is 1.55. The Bertz CT molecular complexity index is 588. The molecule has 1 aliphatic rings. The van der Waals surface area contributed by atoms with Crippen LogP contribution < -0.4 is 4.90 Å². The molecule has 1 fully saturated rings. The lowest BCUT2D eigenvalue weighted by molar-refractivity contribution is -0.115. The van der Waals surface area contributed by atoms with E-state index in [1.807, 2.05) is 12.1 Å². The van der Waals surface area contributed by atoms with Crippen molar-refractivity contribution in [2.75, 3.05) is 10.7 Å². The third-order valence-electron chi connectivity index (χ3n) is 2.94. The summed E-state index contributed by atoms with van der Waals surface area (Å²) in [4.78, 5) is 17.8. The number of nitrogens with zero attached hydrogens (tertiary/aromatic N) is 2. The minimum atomic E-state index is -0.305. The van der Waals surface area contributed by atoms with Gasteiger partial charge in [-0.25, -0.2) is 4.39 Å². The molecule has 2 aromatic rings. The molecule has 0 radical (unpaired) electrons. The number of aromatic nitrogens is 1. The highest BCUT2D eigenvalue weighted by Gasteiger charge is 2.34. The molecule has 19 heavy (non-hydrogen) atoms. The summed E-state index contributed by atoms with van der Waals surface area (Å²) in [6, 6.07) is 9.78. The second-order valence-corrected chi connectivity index (χ2v) is 5.26. The Morgan fingerprint density at radius 2 is 2.05 bits per heavy atom. The number of pyridine rings is 1. The number of hydrogen-bond acceptors (Lipinski definition) is 3. The van der Waals surface area contributed by atoms with E-state index in [1.165, 1.54) is 12.1 Å². The fourth-order valence-electron chi connectivity index (χ4n) is 2.07. The van der Waals surface area contributed by atoms with Gasteiger partial charge in [-0.3, -0.25) is 14.7 Å². The van der Waals surface area contributed by atoms with E-state index in [4.69, 9.17) is 0 Å². The second-order valence-electron chi connectivity index (χ2n) is 4.19. The van der Waals surface area contributed by atoms with E-state index < -0.39 is 0 Å². The standard InChI is InChI=1S/C14H11FN2OS/c15-11-3-5-12(6-4-11)17-13(18)9-19-14(17)10-2-1-7-16-8-10/h1-8,14H,9H2. The van der Waals surface area contributed by atoms with Crippen LogP contribution in [0.4, 0.5) is 10.1 Å². The maximum absolute atomic E-state index is 13.0. The van der Waals surface area contributed by atoms with Crippen molar-refractivity contribution in [3.63, 3.8) is 0 Å². The third-order valence-corrected chi connectivity index (χ3v) is 4.15. The zero-order chi connectivity index (χ0) is 13.2. The van der Waals surface area contributed by atoms with Gasteiger partial charge in [-0.15, -0.1) is 11.8 Å². The first-order valence-electron chi connectivity index (χ1n) is 5.85. The summed E-state index contributed by atoms with van der Waals surface area (Å²) in [6.45, 7) is 0. The maximum atomic E-state index is 13.0. The number of anilines is 1. The first kappa shape index (κ1) is 12.2. The summed E-state index contributed by atoms with van der Waals surface area (Å²) in [5.41, 5.74) is 1.69. The number of carbonyl (C=O) groups is 1. The second kappa shape index (κ2) is 5.01. The number of benzene rings is 1. The predicted octanol–water partition coefficient (Wildman–Crippen LogP) is 3.00. The molecule has 0 saturated carbocycles. The van der Waals surface area contributed by atoms with Gasteiger partial charge in [0.2, 0.25) is 5.91 Å². The largest absolute Gasteiger partial charge is 0.295 e. The van der Waals surface area contributed by atoms with Crippen molar-refractivity contribution in [2.24, 2.45) is 0 Å². The molecule has 1 aliphatic heterocycles. The van der Waals surface area contributed by atoms with Gasteiger partial charge in [0.25, 0.3) is 0 Å². The van der Waals surface area contributed by atoms with Crippen molar-refractivity contribution in [3.8, 4) is 0 Å². The van der Waals surface area contributed by atoms with Crippen LogP contribution in [0.1, 0.15) is 10.9 Å². The van der Waals surface area contributed by atoms with Crippen LogP contribution in [0.5, 0.6) is 0 Å². The summed E-state index contributed by atoms with van der Waals surface area (Å²) in [5.74, 6) is 0.156. The minimum absolute atomic E-state index is 0.0328. The normalized spacial score (nSPS) is 18.9. The van der Waals surface area contributed by atoms with E-state index in [-0.39, 0.29) is 17.1 Å². The van der Waals surface area contributed by atoms with Crippen molar-refractivity contribution in [3.05, 3.63) is 60.2 Å². The monoisotopic (exact) mass is 274 g/mol. The van der Waals surface area contributed by atoms with Crippen molar-refractivity contribution < 1.29 is 9.18 Å². The molecule has 3 rings (SSSR count). The summed E-state index contributed by atoms with van der Waals surface area (Å²) in [5, 5.41) is -0.0911. The lowest BCUT2D eigenvalue weighted by atomic mass is 10.2. The number of amides is 1. The summed E-state index contributed by atoms with van der Waals surface area (Å²) in [6.07, 6.45) is 3.46. The molecule has 0 bridgehead atoms. The Kier molecular flexibility index (Phi) is 3.21. The lowest BCUT2D eigenvalue weighted by Gasteiger charge is -2.24. The van der Waals surface area contributed by atoms with Gasteiger partial charge in [0.15, 0.2) is 0 Å². The Labute approximate surface area is 114 Å². The molecule has 96 valence electrons. The third kappa shape index (κ3) is 2.33. The van der Waals surface area contributed by atoms with Crippen LogP contribution in [0.2, 0.25) is 0 Å². The quantitative estimate of drug-likeness (QED) is 0.844. The van der Waals surface area contributed by atoms with E-state index >= 15 is 0 Å². The molecule has 1 aromatic carbocycles. The molecule has 5 heteroatoms. The maximum Gasteiger partial charge on any atom is 0.238 e. The molecular formula is C14H11FN2OS. The van der Waals surface area contributed by atoms with Crippen molar-refractivity contribution in [2.45, 2.75) is 5.37 Å². The van der Waals surface area contributed by atoms with Crippen molar-refractivity contribution in [1.82, 2.24) is 4.98 Å². The zero-order valence-electron chi connectivity index (χ0n) is 9.99. The number of hydrogen-bond donors (Lipinski definition) is 0. The highest BCUT2D eigenvalue weighted by atomic mass is 32.2. The van der Waals surface area contributed by atoms with E-state index in [0.29, 0.717) is 11.4 Å². The predicted molar refractivity (Wildman–Crippen MR) is 73.3 cm³/mol. The minimum Gasteiger partial charge on any atom is -0.295 e. The molecule has 3 nitrogen and oxygen atoms in total. The number of halogens is 1. The molecule has 1 aromatic heterocycles. The van der Waals surface area contributed by atoms with Crippen molar-refractivity contribution >= 4 is 23.4 Å². The van der Waals surface area contributed by atoms with Gasteiger partial charge < -0.3 is 0 Å². The van der Waals surface area contributed by atoms with Crippen LogP contribution in [-0.2, 0) is 4.79 Å². The smallest absolute Gasteiger partial charge is 0.238 e.